The number of alkyl halides is 4. The van der Waals surface area contributed by atoms with E-state index in [9.17, 15) is 40.4 Å². The molecule has 164 valence electrons. The Morgan fingerprint density at radius 2 is 1.86 bits per heavy atom. The topological polar surface area (TPSA) is 133 Å². The summed E-state index contributed by atoms with van der Waals surface area (Å²) < 4.78 is 97.3. The van der Waals surface area contributed by atoms with Gasteiger partial charge in [0.15, 0.2) is 0 Å². The maximum atomic E-state index is 13.5. The number of ether oxygens (including phenoxy) is 3. The van der Waals surface area contributed by atoms with Crippen molar-refractivity contribution in [2.24, 2.45) is 23.7 Å². The van der Waals surface area contributed by atoms with Crippen molar-refractivity contribution < 1.29 is 59.1 Å². The first-order chi connectivity index (χ1) is 13.2. The van der Waals surface area contributed by atoms with Gasteiger partial charge in [-0.3, -0.25) is 18.9 Å². The molecule has 9 nitrogen and oxygen atoms in total. The Labute approximate surface area is 161 Å². The highest BCUT2D eigenvalue weighted by atomic mass is 32.2. The lowest BCUT2D eigenvalue weighted by Crippen LogP contribution is -2.47. The molecule has 3 rings (SSSR count). The summed E-state index contributed by atoms with van der Waals surface area (Å²) in [6.07, 6.45) is -3.24. The van der Waals surface area contributed by atoms with Crippen LogP contribution in [0.15, 0.2) is 0 Å². The molecule has 1 saturated heterocycles. The fraction of sp³-hybridized carbons (Fsp3) is 0.800. The summed E-state index contributed by atoms with van der Waals surface area (Å²) >= 11 is 0. The lowest BCUT2D eigenvalue weighted by atomic mass is 9.78. The van der Waals surface area contributed by atoms with Crippen molar-refractivity contribution in [2.45, 2.75) is 43.2 Å². The molecule has 0 aromatic carbocycles. The zero-order chi connectivity index (χ0) is 21.9. The number of fused-ring (bicyclic) bond motifs is 1. The number of carbonyl (C=O) groups excluding carboxylic acids is 3. The highest BCUT2D eigenvalue weighted by Crippen LogP contribution is 2.59. The number of carbonyl (C=O) groups is 3. The van der Waals surface area contributed by atoms with Gasteiger partial charge in [0, 0.05) is 18.8 Å². The highest BCUT2D eigenvalue weighted by molar-refractivity contribution is 7.87. The first-order valence-corrected chi connectivity index (χ1v) is 9.90. The quantitative estimate of drug-likeness (QED) is 0.259. The van der Waals surface area contributed by atoms with Gasteiger partial charge in [0.2, 0.25) is 0 Å². The number of hydrogen-bond acceptors (Lipinski definition) is 8. The minimum absolute atomic E-state index is 0.287. The highest BCUT2D eigenvalue weighted by Gasteiger charge is 2.70. The molecule has 2 saturated carbocycles. The van der Waals surface area contributed by atoms with Gasteiger partial charge < -0.3 is 14.2 Å². The lowest BCUT2D eigenvalue weighted by molar-refractivity contribution is -0.178. The third kappa shape index (κ3) is 3.35. The summed E-state index contributed by atoms with van der Waals surface area (Å²) in [4.78, 5) is 35.7. The van der Waals surface area contributed by atoms with E-state index in [1.54, 1.807) is 0 Å². The fourth-order valence-electron chi connectivity index (χ4n) is 4.37. The average molecular weight is 448 g/mol. The summed E-state index contributed by atoms with van der Waals surface area (Å²) in [6, 6.07) is 0. The molecule has 0 spiro atoms. The van der Waals surface area contributed by atoms with Gasteiger partial charge in [-0.25, -0.2) is 0 Å². The Hall–Kier alpha value is -1.96. The van der Waals surface area contributed by atoms with E-state index in [0.717, 1.165) is 6.92 Å². The minimum atomic E-state index is -6.40. The number of rotatable bonds is 7. The Bertz CT molecular complexity index is 843. The summed E-state index contributed by atoms with van der Waals surface area (Å²) in [6.45, 7) is -0.181. The molecule has 3 fully saturated rings. The van der Waals surface area contributed by atoms with E-state index in [2.05, 4.69) is 4.74 Å². The normalized spacial score (nSPS) is 33.5. The van der Waals surface area contributed by atoms with Crippen LogP contribution < -0.4 is 0 Å². The third-order valence-electron chi connectivity index (χ3n) is 5.53. The molecule has 6 unspecified atom stereocenters. The summed E-state index contributed by atoms with van der Waals surface area (Å²) in [7, 11) is -6.40. The number of esters is 3. The fourth-order valence-corrected chi connectivity index (χ4v) is 4.85. The second-order valence-electron chi connectivity index (χ2n) is 7.20. The van der Waals surface area contributed by atoms with Crippen molar-refractivity contribution in [2.75, 3.05) is 6.61 Å². The molecule has 2 bridgehead atoms. The standard InChI is InChI=1S/C15H16F4O9S/c1-5(20)27-10-6-4-7-9(13(22)28-11(7)10)8(6)12(21)26-3-2-14(16,17)15(18,19)29(23,24)25/h6-11H,2-4H2,1H3,(H,23,24,25). The van der Waals surface area contributed by atoms with Crippen LogP contribution in [0.4, 0.5) is 17.6 Å². The van der Waals surface area contributed by atoms with E-state index >= 15 is 0 Å². The Morgan fingerprint density at radius 1 is 1.24 bits per heavy atom. The summed E-state index contributed by atoms with van der Waals surface area (Å²) in [5, 5.41) is -5.78. The third-order valence-corrected chi connectivity index (χ3v) is 6.48. The van der Waals surface area contributed by atoms with Gasteiger partial charge >= 0.3 is 39.2 Å². The van der Waals surface area contributed by atoms with E-state index in [0.29, 0.717) is 0 Å². The smallest absolute Gasteiger partial charge is 0.431 e. The monoisotopic (exact) mass is 448 g/mol. The Morgan fingerprint density at radius 3 is 2.41 bits per heavy atom. The number of halogens is 4. The Balaban J connectivity index is 1.67. The van der Waals surface area contributed by atoms with Crippen molar-refractivity contribution in [1.82, 2.24) is 0 Å². The predicted molar refractivity (Wildman–Crippen MR) is 81.0 cm³/mol. The van der Waals surface area contributed by atoms with Crippen LogP contribution in [0.3, 0.4) is 0 Å². The van der Waals surface area contributed by atoms with Gasteiger partial charge in [-0.15, -0.1) is 0 Å². The molecule has 1 heterocycles. The van der Waals surface area contributed by atoms with Gasteiger partial charge in [-0.1, -0.05) is 0 Å². The van der Waals surface area contributed by atoms with Crippen molar-refractivity contribution in [3.05, 3.63) is 0 Å². The van der Waals surface area contributed by atoms with Crippen LogP contribution in [0, 0.1) is 23.7 Å². The maximum Gasteiger partial charge on any atom is 0.431 e. The molecule has 1 N–H and O–H groups in total. The van der Waals surface area contributed by atoms with Gasteiger partial charge in [0.05, 0.1) is 24.9 Å². The molecular formula is C15H16F4O9S. The minimum Gasteiger partial charge on any atom is -0.465 e. The van der Waals surface area contributed by atoms with Crippen LogP contribution in [0.25, 0.3) is 0 Å². The van der Waals surface area contributed by atoms with Crippen molar-refractivity contribution in [3.8, 4) is 0 Å². The largest absolute Gasteiger partial charge is 0.465 e. The predicted octanol–water partition coefficient (Wildman–Crippen LogP) is 0.775. The van der Waals surface area contributed by atoms with Gasteiger partial charge in [-0.05, 0) is 6.42 Å². The SMILES string of the molecule is CC(=O)OC1C2CC3C1OC(=O)C3C2C(=O)OCCC(F)(F)C(F)(F)S(=O)(=O)O. The molecule has 0 radical (unpaired) electrons. The van der Waals surface area contributed by atoms with Crippen molar-refractivity contribution in [3.63, 3.8) is 0 Å². The van der Waals surface area contributed by atoms with E-state index < -0.39 is 88.1 Å². The molecule has 6 atom stereocenters. The molecule has 14 heteroatoms. The lowest BCUT2D eigenvalue weighted by Gasteiger charge is -2.30. The molecule has 0 aromatic rings. The summed E-state index contributed by atoms with van der Waals surface area (Å²) in [5.41, 5.74) is 0. The van der Waals surface area contributed by atoms with Crippen LogP contribution >= 0.6 is 0 Å². The zero-order valence-corrected chi connectivity index (χ0v) is 15.5. The zero-order valence-electron chi connectivity index (χ0n) is 14.7. The maximum absolute atomic E-state index is 13.5. The molecule has 2 aliphatic carbocycles. The summed E-state index contributed by atoms with van der Waals surface area (Å²) in [5.74, 6) is -11.0. The average Bonchev–Trinajstić information content (AvgIpc) is 3.16. The van der Waals surface area contributed by atoms with Crippen LogP contribution in [-0.2, 0) is 38.7 Å². The van der Waals surface area contributed by atoms with Gasteiger partial charge in [0.1, 0.15) is 12.2 Å². The molecule has 0 aromatic heterocycles. The van der Waals surface area contributed by atoms with Crippen molar-refractivity contribution >= 4 is 28.0 Å². The van der Waals surface area contributed by atoms with Crippen LogP contribution in [0.1, 0.15) is 19.8 Å². The van der Waals surface area contributed by atoms with Crippen LogP contribution in [0.5, 0.6) is 0 Å². The molecule has 29 heavy (non-hydrogen) atoms. The van der Waals surface area contributed by atoms with Gasteiger partial charge in [0.25, 0.3) is 0 Å². The molecule has 0 amide bonds. The van der Waals surface area contributed by atoms with Crippen molar-refractivity contribution in [1.29, 1.82) is 0 Å². The first kappa shape index (κ1) is 21.7. The molecular weight excluding hydrogens is 432 g/mol. The number of hydrogen-bond donors (Lipinski definition) is 1. The van der Waals surface area contributed by atoms with Crippen LogP contribution in [-0.4, -0.2) is 60.9 Å². The van der Waals surface area contributed by atoms with E-state index in [1.165, 1.54) is 0 Å². The first-order valence-electron chi connectivity index (χ1n) is 8.46. The van der Waals surface area contributed by atoms with Gasteiger partial charge in [-0.2, -0.15) is 26.0 Å². The van der Waals surface area contributed by atoms with E-state index in [-0.39, 0.29) is 6.42 Å². The second kappa shape index (κ2) is 6.79. The van der Waals surface area contributed by atoms with E-state index in [1.807, 2.05) is 0 Å². The molecule has 1 aliphatic heterocycles. The van der Waals surface area contributed by atoms with Crippen LogP contribution in [0.2, 0.25) is 0 Å². The molecule has 3 aliphatic rings. The second-order valence-corrected chi connectivity index (χ2v) is 8.67. The Kier molecular flexibility index (Phi) is 5.09. The van der Waals surface area contributed by atoms with E-state index in [4.69, 9.17) is 14.0 Å².